The van der Waals surface area contributed by atoms with Crippen LogP contribution in [0.1, 0.15) is 12.5 Å². The minimum atomic E-state index is 0.180. The monoisotopic (exact) mass is 235 g/mol. The van der Waals surface area contributed by atoms with Gasteiger partial charge in [-0.25, -0.2) is 4.68 Å². The normalized spacial score (nSPS) is 12.7. The molecular weight excluding hydrogens is 222 g/mol. The van der Waals surface area contributed by atoms with Crippen LogP contribution in [0.15, 0.2) is 36.5 Å². The number of hydrogen-bond donors (Lipinski definition) is 1. The topological polar surface area (TPSA) is 43.8 Å². The van der Waals surface area contributed by atoms with Gasteiger partial charge in [0.25, 0.3) is 0 Å². The molecule has 84 valence electrons. The summed E-state index contributed by atoms with van der Waals surface area (Å²) in [6.45, 7) is 2.00. The van der Waals surface area contributed by atoms with Gasteiger partial charge in [0.1, 0.15) is 5.15 Å². The lowest BCUT2D eigenvalue weighted by atomic mass is 10.1. The first kappa shape index (κ1) is 11.2. The van der Waals surface area contributed by atoms with Gasteiger partial charge in [-0.3, -0.25) is 0 Å². The van der Waals surface area contributed by atoms with Crippen molar-refractivity contribution < 1.29 is 0 Å². The number of aromatic nitrogens is 2. The van der Waals surface area contributed by atoms with Crippen LogP contribution in [0.3, 0.4) is 0 Å². The molecule has 0 saturated heterocycles. The molecule has 0 aliphatic carbocycles. The maximum absolute atomic E-state index is 5.98. The van der Waals surface area contributed by atoms with E-state index in [4.69, 9.17) is 17.3 Å². The number of halogens is 1. The Kier molecular flexibility index (Phi) is 3.27. The second-order valence-corrected chi connectivity index (χ2v) is 4.30. The van der Waals surface area contributed by atoms with Crippen molar-refractivity contribution in [1.82, 2.24) is 9.78 Å². The molecule has 3 nitrogen and oxygen atoms in total. The molecule has 0 bridgehead atoms. The number of nitrogens with zero attached hydrogens (tertiary/aromatic N) is 2. The van der Waals surface area contributed by atoms with Crippen molar-refractivity contribution in [3.63, 3.8) is 0 Å². The van der Waals surface area contributed by atoms with Crippen molar-refractivity contribution >= 4 is 11.6 Å². The first-order chi connectivity index (χ1) is 7.66. The van der Waals surface area contributed by atoms with E-state index in [-0.39, 0.29) is 6.04 Å². The predicted octanol–water partition coefficient (Wildman–Crippen LogP) is 2.42. The Balaban J connectivity index is 2.23. The number of benzene rings is 1. The molecular formula is C12H14ClN3. The SMILES string of the molecule is CC(N)Cc1ccc(-n2nccc2Cl)cc1. The lowest BCUT2D eigenvalue weighted by Gasteiger charge is -2.07. The smallest absolute Gasteiger partial charge is 0.132 e. The van der Waals surface area contributed by atoms with Gasteiger partial charge in [-0.2, -0.15) is 5.10 Å². The zero-order valence-corrected chi connectivity index (χ0v) is 9.85. The summed E-state index contributed by atoms with van der Waals surface area (Å²) in [4.78, 5) is 0. The molecule has 2 aromatic rings. The summed E-state index contributed by atoms with van der Waals surface area (Å²) < 4.78 is 1.69. The molecule has 1 aromatic carbocycles. The van der Waals surface area contributed by atoms with Crippen LogP contribution in [0.2, 0.25) is 5.15 Å². The summed E-state index contributed by atoms with van der Waals surface area (Å²) in [5.74, 6) is 0. The Morgan fingerprint density at radius 3 is 2.50 bits per heavy atom. The number of hydrogen-bond acceptors (Lipinski definition) is 2. The highest BCUT2D eigenvalue weighted by atomic mass is 35.5. The summed E-state index contributed by atoms with van der Waals surface area (Å²) in [5.41, 5.74) is 7.93. The molecule has 2 rings (SSSR count). The summed E-state index contributed by atoms with van der Waals surface area (Å²) >= 11 is 5.98. The van der Waals surface area contributed by atoms with Crippen LogP contribution in [0, 0.1) is 0 Å². The first-order valence-corrected chi connectivity index (χ1v) is 5.59. The van der Waals surface area contributed by atoms with E-state index in [1.807, 2.05) is 19.1 Å². The van der Waals surface area contributed by atoms with Gasteiger partial charge >= 0.3 is 0 Å². The van der Waals surface area contributed by atoms with Gasteiger partial charge in [0, 0.05) is 6.04 Å². The fraction of sp³-hybridized carbons (Fsp3) is 0.250. The second kappa shape index (κ2) is 4.68. The average molecular weight is 236 g/mol. The first-order valence-electron chi connectivity index (χ1n) is 5.21. The van der Waals surface area contributed by atoms with E-state index in [2.05, 4.69) is 17.2 Å². The maximum Gasteiger partial charge on any atom is 0.132 e. The van der Waals surface area contributed by atoms with Crippen LogP contribution in [0.5, 0.6) is 0 Å². The lowest BCUT2D eigenvalue weighted by Crippen LogP contribution is -2.17. The quantitative estimate of drug-likeness (QED) is 0.888. The standard InChI is InChI=1S/C12H14ClN3/c1-9(14)8-10-2-4-11(5-3-10)16-12(13)6-7-15-16/h2-7,9H,8,14H2,1H3. The largest absolute Gasteiger partial charge is 0.328 e. The highest BCUT2D eigenvalue weighted by Gasteiger charge is 2.03. The molecule has 1 unspecified atom stereocenters. The van der Waals surface area contributed by atoms with E-state index in [1.165, 1.54) is 5.56 Å². The summed E-state index contributed by atoms with van der Waals surface area (Å²) in [7, 11) is 0. The zero-order chi connectivity index (χ0) is 11.5. The van der Waals surface area contributed by atoms with Crippen molar-refractivity contribution in [3.8, 4) is 5.69 Å². The third kappa shape index (κ3) is 2.43. The number of nitrogens with two attached hydrogens (primary N) is 1. The second-order valence-electron chi connectivity index (χ2n) is 3.91. The Morgan fingerprint density at radius 1 is 1.31 bits per heavy atom. The van der Waals surface area contributed by atoms with Crippen molar-refractivity contribution in [2.45, 2.75) is 19.4 Å². The highest BCUT2D eigenvalue weighted by molar-refractivity contribution is 6.29. The van der Waals surface area contributed by atoms with Crippen LogP contribution < -0.4 is 5.73 Å². The highest BCUT2D eigenvalue weighted by Crippen LogP contribution is 2.15. The molecule has 0 aliphatic rings. The van der Waals surface area contributed by atoms with Gasteiger partial charge in [0.15, 0.2) is 0 Å². The fourth-order valence-electron chi connectivity index (χ4n) is 1.62. The molecule has 1 aromatic heterocycles. The minimum absolute atomic E-state index is 0.180. The van der Waals surface area contributed by atoms with E-state index in [1.54, 1.807) is 16.9 Å². The van der Waals surface area contributed by atoms with Crippen molar-refractivity contribution in [2.75, 3.05) is 0 Å². The zero-order valence-electron chi connectivity index (χ0n) is 9.10. The predicted molar refractivity (Wildman–Crippen MR) is 65.9 cm³/mol. The van der Waals surface area contributed by atoms with Crippen LogP contribution in [-0.4, -0.2) is 15.8 Å². The van der Waals surface area contributed by atoms with E-state index >= 15 is 0 Å². The van der Waals surface area contributed by atoms with Crippen LogP contribution in [-0.2, 0) is 6.42 Å². The molecule has 0 saturated carbocycles. The molecule has 0 radical (unpaired) electrons. The van der Waals surface area contributed by atoms with Gasteiger partial charge in [0.2, 0.25) is 0 Å². The molecule has 1 heterocycles. The molecule has 0 aliphatic heterocycles. The molecule has 16 heavy (non-hydrogen) atoms. The van der Waals surface area contributed by atoms with E-state index < -0.39 is 0 Å². The van der Waals surface area contributed by atoms with Gasteiger partial charge < -0.3 is 5.73 Å². The maximum atomic E-state index is 5.98. The summed E-state index contributed by atoms with van der Waals surface area (Å²) in [6.07, 6.45) is 2.56. The van der Waals surface area contributed by atoms with Crippen molar-refractivity contribution in [3.05, 3.63) is 47.2 Å². The van der Waals surface area contributed by atoms with E-state index in [0.717, 1.165) is 12.1 Å². The summed E-state index contributed by atoms with van der Waals surface area (Å²) in [5, 5.41) is 4.75. The minimum Gasteiger partial charge on any atom is -0.328 e. The lowest BCUT2D eigenvalue weighted by molar-refractivity contribution is 0.737. The van der Waals surface area contributed by atoms with Gasteiger partial charge in [-0.05, 0) is 37.1 Å². The van der Waals surface area contributed by atoms with E-state index in [9.17, 15) is 0 Å². The van der Waals surface area contributed by atoms with Gasteiger partial charge in [-0.1, -0.05) is 23.7 Å². The fourth-order valence-corrected chi connectivity index (χ4v) is 1.82. The van der Waals surface area contributed by atoms with Crippen LogP contribution >= 0.6 is 11.6 Å². The molecule has 1 atom stereocenters. The molecule has 0 spiro atoms. The van der Waals surface area contributed by atoms with Crippen molar-refractivity contribution in [1.29, 1.82) is 0 Å². The van der Waals surface area contributed by atoms with Crippen LogP contribution in [0.4, 0.5) is 0 Å². The third-order valence-corrected chi connectivity index (χ3v) is 2.62. The Bertz CT molecular complexity index is 459. The van der Waals surface area contributed by atoms with Gasteiger partial charge in [-0.15, -0.1) is 0 Å². The molecule has 4 heteroatoms. The van der Waals surface area contributed by atoms with E-state index in [0.29, 0.717) is 5.15 Å². The third-order valence-electron chi connectivity index (χ3n) is 2.34. The summed E-state index contributed by atoms with van der Waals surface area (Å²) in [6, 6.07) is 10.0. The number of rotatable bonds is 3. The van der Waals surface area contributed by atoms with Crippen LogP contribution in [0.25, 0.3) is 5.69 Å². The van der Waals surface area contributed by atoms with Crippen molar-refractivity contribution in [2.24, 2.45) is 5.73 Å². The Morgan fingerprint density at radius 2 is 2.00 bits per heavy atom. The average Bonchev–Trinajstić information content (AvgIpc) is 2.65. The van der Waals surface area contributed by atoms with Gasteiger partial charge in [0.05, 0.1) is 11.9 Å². The molecule has 0 amide bonds. The molecule has 0 fully saturated rings. The molecule has 2 N–H and O–H groups in total. The Labute approximate surface area is 99.8 Å². The Hall–Kier alpha value is -1.32.